The highest BCUT2D eigenvalue weighted by Gasteiger charge is 2.50. The summed E-state index contributed by atoms with van der Waals surface area (Å²) in [5, 5.41) is 44.5. The number of phenolic OH excluding ortho intramolecular Hbond substituents is 2. The van der Waals surface area contributed by atoms with Gasteiger partial charge in [-0.15, -0.1) is 0 Å². The molecule has 6 N–H and O–H groups in total. The maximum absolute atomic E-state index is 13.7. The summed E-state index contributed by atoms with van der Waals surface area (Å²) in [6, 6.07) is 3.65. The molecule has 0 spiro atoms. The van der Waals surface area contributed by atoms with Gasteiger partial charge in [-0.2, -0.15) is 0 Å². The minimum atomic E-state index is -2.18. The van der Waals surface area contributed by atoms with E-state index in [9.17, 15) is 39.6 Å². The Labute approximate surface area is 244 Å². The topological polar surface area (TPSA) is 203 Å². The van der Waals surface area contributed by atoms with Crippen molar-refractivity contribution in [2.45, 2.75) is 69.4 Å². The van der Waals surface area contributed by atoms with Crippen LogP contribution in [-0.4, -0.2) is 85.9 Å². The van der Waals surface area contributed by atoms with Crippen LogP contribution >= 0.6 is 11.8 Å². The Morgan fingerprint density at radius 3 is 2.48 bits per heavy atom. The van der Waals surface area contributed by atoms with E-state index >= 15 is 0 Å². The largest absolute Gasteiger partial charge is 0.507 e. The van der Waals surface area contributed by atoms with Gasteiger partial charge in [0.2, 0.25) is 5.78 Å². The maximum atomic E-state index is 13.7. The first-order valence-corrected chi connectivity index (χ1v) is 14.3. The number of hydrogen-bond donors (Lipinski definition) is 5. The van der Waals surface area contributed by atoms with Crippen molar-refractivity contribution in [2.75, 3.05) is 12.9 Å². The SMILES string of the molecule is COc1cccc2c1C(=O)c1c(O)c3c(c(O)c1C2=O)C[C@@](O)(C(=O)CSC(C)=O)C[C@H]3O[C@H]1C[C@@H](N)[C@H](O)[C@H](C)O1. The number of fused-ring (bicyclic) bond motifs is 3. The highest BCUT2D eigenvalue weighted by atomic mass is 32.2. The molecule has 2 aliphatic carbocycles. The van der Waals surface area contributed by atoms with Crippen molar-refractivity contribution in [1.82, 2.24) is 0 Å². The van der Waals surface area contributed by atoms with Gasteiger partial charge in [-0.3, -0.25) is 19.2 Å². The number of ether oxygens (including phenoxy) is 3. The van der Waals surface area contributed by atoms with E-state index < -0.39 is 89.1 Å². The van der Waals surface area contributed by atoms with Crippen LogP contribution in [0.4, 0.5) is 0 Å². The summed E-state index contributed by atoms with van der Waals surface area (Å²) >= 11 is 0.696. The molecule has 1 heterocycles. The van der Waals surface area contributed by atoms with Gasteiger partial charge in [0.25, 0.3) is 0 Å². The van der Waals surface area contributed by atoms with E-state index in [0.717, 1.165) is 0 Å². The molecule has 1 fully saturated rings. The second-order valence-electron chi connectivity index (χ2n) is 10.8. The fourth-order valence-electron chi connectivity index (χ4n) is 5.90. The number of methoxy groups -OCH3 is 1. The normalized spacial score (nSPS) is 28.5. The zero-order valence-corrected chi connectivity index (χ0v) is 23.9. The van der Waals surface area contributed by atoms with E-state index in [2.05, 4.69) is 0 Å². The number of phenols is 2. The molecule has 0 saturated carbocycles. The number of Topliss-reactive ketones (excluding diaryl/α,β-unsaturated/α-hetero) is 1. The number of aromatic hydroxyl groups is 2. The summed E-state index contributed by atoms with van der Waals surface area (Å²) in [5.74, 6) is -3.88. The fraction of sp³-hybridized carbons (Fsp3) is 0.448. The van der Waals surface area contributed by atoms with E-state index in [0.29, 0.717) is 11.8 Å². The van der Waals surface area contributed by atoms with Crippen LogP contribution in [0.25, 0.3) is 0 Å². The molecule has 1 aliphatic heterocycles. The number of benzene rings is 2. The van der Waals surface area contributed by atoms with Crippen molar-refractivity contribution in [1.29, 1.82) is 0 Å². The van der Waals surface area contributed by atoms with Crippen LogP contribution in [0.3, 0.4) is 0 Å². The molecule has 12 nitrogen and oxygen atoms in total. The molecule has 0 radical (unpaired) electrons. The number of carbonyl (C=O) groups is 4. The van der Waals surface area contributed by atoms with E-state index in [1.807, 2.05) is 0 Å². The molecular weight excluding hydrogens is 570 g/mol. The Morgan fingerprint density at radius 1 is 1.14 bits per heavy atom. The van der Waals surface area contributed by atoms with Gasteiger partial charge in [-0.25, -0.2) is 0 Å². The molecule has 5 rings (SSSR count). The summed E-state index contributed by atoms with van der Waals surface area (Å²) in [6.45, 7) is 2.86. The zero-order chi connectivity index (χ0) is 30.7. The second kappa shape index (κ2) is 11.1. The Hall–Kier alpha value is -3.33. The number of carbonyl (C=O) groups excluding carboxylic acids is 4. The van der Waals surface area contributed by atoms with Gasteiger partial charge in [0, 0.05) is 48.9 Å². The van der Waals surface area contributed by atoms with E-state index in [1.165, 1.54) is 32.2 Å². The van der Waals surface area contributed by atoms with Crippen molar-refractivity contribution < 1.29 is 53.8 Å². The quantitative estimate of drug-likeness (QED) is 0.253. The molecule has 42 heavy (non-hydrogen) atoms. The lowest BCUT2D eigenvalue weighted by molar-refractivity contribution is -0.247. The standard InChI is InChI=1S/C29H31NO11S/c1-11-24(33)15(30)7-19(40-11)41-17-9-29(38,18(32)10-42-12(2)31)8-14-21(17)28(37)23-22(26(14)35)25(34)13-5-4-6-16(39-3)20(13)27(23)36/h4-6,11,15,17,19,24,33,35,37-38H,7-10,30H2,1-3H3/t11-,15+,17+,19-,24+,29-/m0/s1. The fourth-order valence-corrected chi connectivity index (χ4v) is 6.51. The van der Waals surface area contributed by atoms with Crippen molar-refractivity contribution in [2.24, 2.45) is 5.73 Å². The van der Waals surface area contributed by atoms with E-state index in [1.54, 1.807) is 6.92 Å². The summed E-state index contributed by atoms with van der Waals surface area (Å²) in [7, 11) is 1.33. The lowest BCUT2D eigenvalue weighted by Gasteiger charge is -2.42. The van der Waals surface area contributed by atoms with Crippen molar-refractivity contribution in [3.8, 4) is 17.2 Å². The summed E-state index contributed by atoms with van der Waals surface area (Å²) < 4.78 is 17.2. The van der Waals surface area contributed by atoms with Gasteiger partial charge in [0.1, 0.15) is 22.8 Å². The van der Waals surface area contributed by atoms with Gasteiger partial charge >= 0.3 is 0 Å². The molecule has 6 atom stereocenters. The molecule has 2 aromatic rings. The molecule has 2 aromatic carbocycles. The first kappa shape index (κ1) is 30.1. The second-order valence-corrected chi connectivity index (χ2v) is 11.9. The van der Waals surface area contributed by atoms with Crippen LogP contribution < -0.4 is 10.5 Å². The number of hydrogen-bond acceptors (Lipinski definition) is 13. The first-order chi connectivity index (χ1) is 19.8. The van der Waals surface area contributed by atoms with Gasteiger partial charge < -0.3 is 40.4 Å². The lowest BCUT2D eigenvalue weighted by atomic mass is 9.72. The summed E-state index contributed by atoms with van der Waals surface area (Å²) in [5.41, 5.74) is 2.54. The zero-order valence-electron chi connectivity index (χ0n) is 23.1. The number of rotatable bonds is 6. The molecule has 0 aromatic heterocycles. The first-order valence-electron chi connectivity index (χ1n) is 13.3. The van der Waals surface area contributed by atoms with E-state index in [-0.39, 0.29) is 45.3 Å². The monoisotopic (exact) mass is 601 g/mol. The summed E-state index contributed by atoms with van der Waals surface area (Å²) in [4.78, 5) is 52.1. The highest BCUT2D eigenvalue weighted by molar-refractivity contribution is 8.14. The predicted molar refractivity (Wildman–Crippen MR) is 148 cm³/mol. The van der Waals surface area contributed by atoms with Crippen LogP contribution in [0.1, 0.15) is 75.8 Å². The van der Waals surface area contributed by atoms with Gasteiger partial charge in [0.15, 0.2) is 23.0 Å². The molecule has 0 unspecified atom stereocenters. The third-order valence-corrected chi connectivity index (χ3v) is 8.88. The molecule has 0 amide bonds. The Morgan fingerprint density at radius 2 is 1.83 bits per heavy atom. The third kappa shape index (κ3) is 4.89. The summed E-state index contributed by atoms with van der Waals surface area (Å²) in [6.07, 6.45) is -5.05. The predicted octanol–water partition coefficient (Wildman–Crippen LogP) is 1.29. The molecule has 0 bridgehead atoms. The Kier molecular flexibility index (Phi) is 7.94. The smallest absolute Gasteiger partial charge is 0.202 e. The van der Waals surface area contributed by atoms with Gasteiger partial charge in [-0.05, 0) is 13.0 Å². The van der Waals surface area contributed by atoms with Gasteiger partial charge in [-0.1, -0.05) is 23.9 Å². The number of thioether (sulfide) groups is 1. The van der Waals surface area contributed by atoms with Crippen molar-refractivity contribution >= 4 is 34.2 Å². The minimum Gasteiger partial charge on any atom is -0.507 e. The number of aliphatic hydroxyl groups excluding tert-OH is 1. The Bertz CT molecular complexity index is 1500. The van der Waals surface area contributed by atoms with E-state index in [4.69, 9.17) is 19.9 Å². The van der Waals surface area contributed by atoms with Crippen molar-refractivity contribution in [3.05, 3.63) is 51.6 Å². The minimum absolute atomic E-state index is 0.0174. The van der Waals surface area contributed by atoms with Crippen LogP contribution in [-0.2, 0) is 25.5 Å². The van der Waals surface area contributed by atoms with Crippen molar-refractivity contribution in [3.63, 3.8) is 0 Å². The number of aliphatic hydroxyl groups is 2. The average Bonchev–Trinajstić information content (AvgIpc) is 2.94. The third-order valence-electron chi connectivity index (χ3n) is 8.07. The lowest BCUT2D eigenvalue weighted by Crippen LogP contribution is -2.53. The Balaban J connectivity index is 1.66. The highest BCUT2D eigenvalue weighted by Crippen LogP contribution is 2.52. The molecular formula is C29H31NO11S. The molecule has 3 aliphatic rings. The van der Waals surface area contributed by atoms with Crippen LogP contribution in [0.5, 0.6) is 17.2 Å². The van der Waals surface area contributed by atoms with Gasteiger partial charge in [0.05, 0.1) is 47.9 Å². The average molecular weight is 602 g/mol. The molecule has 13 heteroatoms. The van der Waals surface area contributed by atoms with Crippen LogP contribution in [0, 0.1) is 0 Å². The number of nitrogens with two attached hydrogens (primary N) is 1. The molecule has 1 saturated heterocycles. The number of ketones is 3. The maximum Gasteiger partial charge on any atom is 0.202 e. The van der Waals surface area contributed by atoms with Crippen LogP contribution in [0.15, 0.2) is 18.2 Å². The van der Waals surface area contributed by atoms with Crippen LogP contribution in [0.2, 0.25) is 0 Å². The molecule has 224 valence electrons.